The Balaban J connectivity index is 1.89. The Morgan fingerprint density at radius 1 is 1.20 bits per heavy atom. The predicted molar refractivity (Wildman–Crippen MR) is 95.8 cm³/mol. The molecule has 0 heterocycles. The molecule has 9 heteroatoms. The van der Waals surface area contributed by atoms with Gasteiger partial charge in [-0.05, 0) is 42.0 Å². The Morgan fingerprint density at radius 2 is 2.00 bits per heavy atom. The Bertz CT molecular complexity index is 812. The molecule has 0 fully saturated rings. The van der Waals surface area contributed by atoms with E-state index in [0.717, 1.165) is 0 Å². The van der Waals surface area contributed by atoms with Gasteiger partial charge in [0, 0.05) is 10.7 Å². The number of carbonyl (C=O) groups excluding carboxylic acids is 1. The first-order valence-corrected chi connectivity index (χ1v) is 7.69. The molecule has 0 aromatic heterocycles. The van der Waals surface area contributed by atoms with E-state index in [4.69, 9.17) is 33.0 Å². The average molecular weight is 382 g/mol. The van der Waals surface area contributed by atoms with Crippen molar-refractivity contribution in [2.45, 2.75) is 0 Å². The van der Waals surface area contributed by atoms with E-state index >= 15 is 0 Å². The number of carboxylic acids is 1. The monoisotopic (exact) mass is 381 g/mol. The summed E-state index contributed by atoms with van der Waals surface area (Å²) in [5, 5.41) is 15.7. The number of aliphatic carboxylic acids is 1. The average Bonchev–Trinajstić information content (AvgIpc) is 2.54. The molecule has 0 unspecified atom stereocenters. The summed E-state index contributed by atoms with van der Waals surface area (Å²) in [4.78, 5) is 22.2. The predicted octanol–water partition coefficient (Wildman–Crippen LogP) is 3.61. The maximum absolute atomic E-state index is 11.7. The molecule has 0 atom stereocenters. The van der Waals surface area contributed by atoms with E-state index in [2.05, 4.69) is 15.8 Å². The van der Waals surface area contributed by atoms with Crippen LogP contribution in [0.2, 0.25) is 10.0 Å². The van der Waals surface area contributed by atoms with Crippen molar-refractivity contribution in [3.63, 3.8) is 0 Å². The zero-order chi connectivity index (χ0) is 18.2. The maximum atomic E-state index is 11.7. The van der Waals surface area contributed by atoms with E-state index in [0.29, 0.717) is 16.3 Å². The van der Waals surface area contributed by atoms with Crippen molar-refractivity contribution in [2.75, 3.05) is 11.9 Å². The van der Waals surface area contributed by atoms with Crippen LogP contribution in [-0.4, -0.2) is 29.9 Å². The lowest BCUT2D eigenvalue weighted by atomic mass is 10.2. The molecule has 0 spiro atoms. The zero-order valence-corrected chi connectivity index (χ0v) is 14.2. The van der Waals surface area contributed by atoms with Crippen molar-refractivity contribution in [3.8, 4) is 5.75 Å². The molecule has 3 N–H and O–H groups in total. The molecule has 2 aromatic rings. The molecule has 130 valence electrons. The molecule has 0 aliphatic heterocycles. The highest BCUT2D eigenvalue weighted by Crippen LogP contribution is 2.24. The summed E-state index contributed by atoms with van der Waals surface area (Å²) in [5.74, 6) is -0.857. The van der Waals surface area contributed by atoms with Crippen LogP contribution in [0.4, 0.5) is 10.5 Å². The number of urea groups is 1. The van der Waals surface area contributed by atoms with Gasteiger partial charge >= 0.3 is 12.0 Å². The van der Waals surface area contributed by atoms with E-state index in [1.807, 2.05) is 0 Å². The summed E-state index contributed by atoms with van der Waals surface area (Å²) in [7, 11) is 0. The van der Waals surface area contributed by atoms with Gasteiger partial charge in [-0.1, -0.05) is 29.3 Å². The minimum Gasteiger partial charge on any atom is -0.480 e. The number of carboxylic acid groups (broad SMARTS) is 1. The third-order valence-corrected chi connectivity index (χ3v) is 3.30. The Morgan fingerprint density at radius 3 is 2.68 bits per heavy atom. The summed E-state index contributed by atoms with van der Waals surface area (Å²) >= 11 is 11.8. The van der Waals surface area contributed by atoms with Crippen molar-refractivity contribution in [3.05, 3.63) is 58.1 Å². The van der Waals surface area contributed by atoms with Gasteiger partial charge in [-0.3, -0.25) is 0 Å². The van der Waals surface area contributed by atoms with E-state index in [1.165, 1.54) is 18.3 Å². The van der Waals surface area contributed by atoms with Gasteiger partial charge in [0.25, 0.3) is 0 Å². The summed E-state index contributed by atoms with van der Waals surface area (Å²) in [5.41, 5.74) is 3.42. The molecule has 7 nitrogen and oxygen atoms in total. The number of rotatable bonds is 6. The number of anilines is 1. The first-order valence-electron chi connectivity index (χ1n) is 6.94. The van der Waals surface area contributed by atoms with Crippen LogP contribution in [0.15, 0.2) is 47.6 Å². The lowest BCUT2D eigenvalue weighted by Crippen LogP contribution is -2.24. The molecule has 0 bridgehead atoms. The number of hydrazone groups is 1. The van der Waals surface area contributed by atoms with Crippen LogP contribution in [0.5, 0.6) is 5.75 Å². The summed E-state index contributed by atoms with van der Waals surface area (Å²) < 4.78 is 5.01. The first kappa shape index (κ1) is 18.6. The van der Waals surface area contributed by atoms with Gasteiger partial charge in [-0.2, -0.15) is 5.10 Å². The maximum Gasteiger partial charge on any atom is 0.341 e. The van der Waals surface area contributed by atoms with Gasteiger partial charge < -0.3 is 15.2 Å². The van der Waals surface area contributed by atoms with E-state index < -0.39 is 18.6 Å². The number of nitrogens with zero attached hydrogens (tertiary/aromatic N) is 1. The number of nitrogens with one attached hydrogen (secondary N) is 2. The third-order valence-electron chi connectivity index (χ3n) is 2.77. The number of ether oxygens (including phenoxy) is 1. The molecule has 2 amide bonds. The highest BCUT2D eigenvalue weighted by molar-refractivity contribution is 6.32. The van der Waals surface area contributed by atoms with Crippen LogP contribution in [-0.2, 0) is 4.79 Å². The quantitative estimate of drug-likeness (QED) is 0.525. The fraction of sp³-hybridized carbons (Fsp3) is 0.0625. The van der Waals surface area contributed by atoms with Gasteiger partial charge in [0.05, 0.1) is 11.2 Å². The fourth-order valence-electron chi connectivity index (χ4n) is 1.74. The zero-order valence-electron chi connectivity index (χ0n) is 12.7. The van der Waals surface area contributed by atoms with Crippen molar-refractivity contribution in [1.29, 1.82) is 0 Å². The van der Waals surface area contributed by atoms with Crippen molar-refractivity contribution in [1.82, 2.24) is 5.43 Å². The Labute approximate surface area is 153 Å². The van der Waals surface area contributed by atoms with Gasteiger partial charge in [0.2, 0.25) is 0 Å². The molecule has 0 aliphatic rings. The highest BCUT2D eigenvalue weighted by atomic mass is 35.5. The summed E-state index contributed by atoms with van der Waals surface area (Å²) in [6, 6.07) is 10.8. The number of hydrogen-bond acceptors (Lipinski definition) is 4. The lowest BCUT2D eigenvalue weighted by molar-refractivity contribution is -0.139. The van der Waals surface area contributed by atoms with E-state index in [1.54, 1.807) is 30.3 Å². The SMILES string of the molecule is O=C(O)COc1ccc(/C=N/NC(=O)Nc2cccc(Cl)c2)cc1Cl. The van der Waals surface area contributed by atoms with E-state index in [9.17, 15) is 9.59 Å². The van der Waals surface area contributed by atoms with Crippen LogP contribution >= 0.6 is 23.2 Å². The first-order chi connectivity index (χ1) is 11.9. The standard InChI is InChI=1S/C16H13Cl2N3O4/c17-11-2-1-3-12(7-11)20-16(24)21-19-8-10-4-5-14(13(18)6-10)25-9-15(22)23/h1-8H,9H2,(H,22,23)(H2,20,21,24)/b19-8+. The number of amides is 2. The smallest absolute Gasteiger partial charge is 0.341 e. The Kier molecular flexibility index (Phi) is 6.62. The summed E-state index contributed by atoms with van der Waals surface area (Å²) in [6.07, 6.45) is 1.38. The molecular formula is C16H13Cl2N3O4. The second-order valence-electron chi connectivity index (χ2n) is 4.71. The van der Waals surface area contributed by atoms with Crippen LogP contribution < -0.4 is 15.5 Å². The number of halogens is 2. The van der Waals surface area contributed by atoms with Gasteiger partial charge in [0.15, 0.2) is 6.61 Å². The van der Waals surface area contributed by atoms with Crippen LogP contribution in [0.3, 0.4) is 0 Å². The number of hydrogen-bond donors (Lipinski definition) is 3. The second-order valence-corrected chi connectivity index (χ2v) is 5.55. The van der Waals surface area contributed by atoms with Crippen molar-refractivity contribution >= 4 is 47.1 Å². The molecule has 25 heavy (non-hydrogen) atoms. The molecule has 0 saturated heterocycles. The highest BCUT2D eigenvalue weighted by Gasteiger charge is 2.05. The van der Waals surface area contributed by atoms with Crippen LogP contribution in [0.1, 0.15) is 5.56 Å². The third kappa shape index (κ3) is 6.33. The van der Waals surface area contributed by atoms with Gasteiger partial charge in [-0.15, -0.1) is 0 Å². The largest absolute Gasteiger partial charge is 0.480 e. The molecule has 0 saturated carbocycles. The molecular weight excluding hydrogens is 369 g/mol. The minimum absolute atomic E-state index is 0.230. The molecule has 2 aromatic carbocycles. The minimum atomic E-state index is -1.10. The summed E-state index contributed by atoms with van der Waals surface area (Å²) in [6.45, 7) is -0.488. The van der Waals surface area contributed by atoms with Crippen LogP contribution in [0, 0.1) is 0 Å². The fourth-order valence-corrected chi connectivity index (χ4v) is 2.18. The molecule has 0 radical (unpaired) electrons. The molecule has 0 aliphatic carbocycles. The lowest BCUT2D eigenvalue weighted by Gasteiger charge is -2.06. The normalized spacial score (nSPS) is 10.5. The van der Waals surface area contributed by atoms with Gasteiger partial charge in [-0.25, -0.2) is 15.0 Å². The van der Waals surface area contributed by atoms with E-state index in [-0.39, 0.29) is 10.8 Å². The molecule has 2 rings (SSSR count). The van der Waals surface area contributed by atoms with Crippen molar-refractivity contribution in [2.24, 2.45) is 5.10 Å². The van der Waals surface area contributed by atoms with Gasteiger partial charge in [0.1, 0.15) is 5.75 Å². The number of carbonyl (C=O) groups is 2. The van der Waals surface area contributed by atoms with Crippen LogP contribution in [0.25, 0.3) is 0 Å². The number of benzene rings is 2. The van der Waals surface area contributed by atoms with Crippen molar-refractivity contribution < 1.29 is 19.4 Å². The second kappa shape index (κ2) is 8.91. The topological polar surface area (TPSA) is 100 Å². The Hall–Kier alpha value is -2.77.